The topological polar surface area (TPSA) is 80.5 Å². The molecule has 2 aromatic heterocycles. The molecule has 0 radical (unpaired) electrons. The van der Waals surface area contributed by atoms with Crippen LogP contribution in [0, 0.1) is 13.8 Å². The van der Waals surface area contributed by atoms with E-state index in [2.05, 4.69) is 4.98 Å². The van der Waals surface area contributed by atoms with Crippen LogP contribution in [0.25, 0.3) is 10.2 Å². The molecule has 0 bridgehead atoms. The lowest BCUT2D eigenvalue weighted by atomic mass is 10.1. The van der Waals surface area contributed by atoms with Gasteiger partial charge in [-0.3, -0.25) is 9.69 Å². The van der Waals surface area contributed by atoms with Gasteiger partial charge in [-0.25, -0.2) is 13.4 Å². The molecule has 31 heavy (non-hydrogen) atoms. The molecule has 1 amide bonds. The summed E-state index contributed by atoms with van der Waals surface area (Å²) < 4.78 is 31.9. The molecule has 0 N–H and O–H groups in total. The van der Waals surface area contributed by atoms with Gasteiger partial charge in [0, 0.05) is 0 Å². The maximum Gasteiger partial charge on any atom is 0.244 e. The second-order valence-corrected chi connectivity index (χ2v) is 10.5. The maximum atomic E-state index is 13.2. The van der Waals surface area contributed by atoms with Crippen LogP contribution in [0.5, 0.6) is 0 Å². The molecule has 0 fully saturated rings. The summed E-state index contributed by atoms with van der Waals surface area (Å²) in [4.78, 5) is 19.3. The number of benzene rings is 2. The van der Waals surface area contributed by atoms with Crippen molar-refractivity contribution in [2.75, 3.05) is 10.7 Å². The second kappa shape index (κ2) is 8.64. The number of thiazole rings is 1. The van der Waals surface area contributed by atoms with Crippen molar-refractivity contribution in [1.29, 1.82) is 0 Å². The Bertz CT molecular complexity index is 1270. The lowest BCUT2D eigenvalue weighted by Gasteiger charge is -2.18. The van der Waals surface area contributed by atoms with E-state index in [1.54, 1.807) is 36.4 Å². The lowest BCUT2D eigenvalue weighted by Crippen LogP contribution is -2.35. The Balaban J connectivity index is 1.66. The molecular weight excluding hydrogens is 432 g/mol. The number of aromatic nitrogens is 1. The van der Waals surface area contributed by atoms with E-state index in [4.69, 9.17) is 4.42 Å². The molecule has 0 aliphatic rings. The molecule has 0 spiro atoms. The van der Waals surface area contributed by atoms with E-state index in [-0.39, 0.29) is 12.3 Å². The summed E-state index contributed by atoms with van der Waals surface area (Å²) in [5.41, 5.74) is 3.54. The van der Waals surface area contributed by atoms with Crippen LogP contribution in [0.15, 0.2) is 65.3 Å². The highest BCUT2D eigenvalue weighted by Crippen LogP contribution is 2.34. The number of anilines is 1. The zero-order chi connectivity index (χ0) is 22.0. The first-order valence-electron chi connectivity index (χ1n) is 9.76. The van der Waals surface area contributed by atoms with Crippen LogP contribution >= 0.6 is 11.3 Å². The number of furan rings is 1. The Hall–Kier alpha value is -2.97. The fraction of sp³-hybridized carbons (Fsp3) is 0.217. The van der Waals surface area contributed by atoms with Crippen LogP contribution in [-0.4, -0.2) is 25.1 Å². The first-order valence-corrected chi connectivity index (χ1v) is 12.4. The van der Waals surface area contributed by atoms with Crippen molar-refractivity contribution in [3.05, 3.63) is 83.3 Å². The standard InChI is InChI=1S/C23H22N2O4S2/c1-16-10-11-17(2)22-21(16)24-23(30-22)25(13-19-9-6-12-29-19)20(26)15-31(27,28)14-18-7-4-3-5-8-18/h3-12H,13-15H2,1-2H3. The van der Waals surface area contributed by atoms with E-state index in [9.17, 15) is 13.2 Å². The maximum absolute atomic E-state index is 13.2. The fourth-order valence-electron chi connectivity index (χ4n) is 3.33. The number of carbonyl (C=O) groups excluding carboxylic acids is 1. The fourth-order valence-corrected chi connectivity index (χ4v) is 5.79. The smallest absolute Gasteiger partial charge is 0.244 e. The van der Waals surface area contributed by atoms with Crippen molar-refractivity contribution in [2.24, 2.45) is 0 Å². The summed E-state index contributed by atoms with van der Waals surface area (Å²) in [5.74, 6) is -0.758. The van der Waals surface area contributed by atoms with Gasteiger partial charge in [-0.15, -0.1) is 0 Å². The van der Waals surface area contributed by atoms with Gasteiger partial charge in [-0.1, -0.05) is 53.8 Å². The average molecular weight is 455 g/mol. The summed E-state index contributed by atoms with van der Waals surface area (Å²) in [6, 6.07) is 16.3. The van der Waals surface area contributed by atoms with E-state index < -0.39 is 21.5 Å². The molecule has 0 atom stereocenters. The van der Waals surface area contributed by atoms with Crippen LogP contribution in [0.2, 0.25) is 0 Å². The number of amides is 1. The Morgan fingerprint density at radius 3 is 2.45 bits per heavy atom. The molecule has 0 unspecified atom stereocenters. The number of carbonyl (C=O) groups is 1. The normalized spacial score (nSPS) is 11.7. The van der Waals surface area contributed by atoms with Gasteiger partial charge in [-0.05, 0) is 42.7 Å². The van der Waals surface area contributed by atoms with Gasteiger partial charge in [0.25, 0.3) is 0 Å². The van der Waals surface area contributed by atoms with Crippen molar-refractivity contribution in [2.45, 2.75) is 26.1 Å². The lowest BCUT2D eigenvalue weighted by molar-refractivity contribution is -0.116. The highest BCUT2D eigenvalue weighted by molar-refractivity contribution is 7.91. The Labute approximate surface area is 185 Å². The minimum atomic E-state index is -3.66. The molecule has 4 aromatic rings. The van der Waals surface area contributed by atoms with E-state index in [0.717, 1.165) is 21.3 Å². The Kier molecular flexibility index (Phi) is 5.93. The third kappa shape index (κ3) is 4.86. The summed E-state index contributed by atoms with van der Waals surface area (Å²) >= 11 is 1.38. The minimum absolute atomic E-state index is 0.116. The van der Waals surface area contributed by atoms with Crippen molar-refractivity contribution >= 4 is 42.4 Å². The largest absolute Gasteiger partial charge is 0.467 e. The molecular formula is C23H22N2O4S2. The van der Waals surface area contributed by atoms with Crippen molar-refractivity contribution < 1.29 is 17.6 Å². The molecule has 2 heterocycles. The molecule has 6 nitrogen and oxygen atoms in total. The van der Waals surface area contributed by atoms with Crippen LogP contribution in [0.3, 0.4) is 0 Å². The molecule has 0 aliphatic heterocycles. The number of sulfone groups is 1. The minimum Gasteiger partial charge on any atom is -0.467 e. The molecule has 4 rings (SSSR count). The molecule has 160 valence electrons. The van der Waals surface area contributed by atoms with Crippen LogP contribution in [0.4, 0.5) is 5.13 Å². The first kappa shape index (κ1) is 21.3. The Morgan fingerprint density at radius 2 is 1.77 bits per heavy atom. The highest BCUT2D eigenvalue weighted by Gasteiger charge is 2.27. The summed E-state index contributed by atoms with van der Waals surface area (Å²) in [7, 11) is -3.66. The zero-order valence-corrected chi connectivity index (χ0v) is 18.9. The van der Waals surface area contributed by atoms with E-state index in [0.29, 0.717) is 16.5 Å². The van der Waals surface area contributed by atoms with Gasteiger partial charge in [-0.2, -0.15) is 0 Å². The average Bonchev–Trinajstić information content (AvgIpc) is 3.39. The van der Waals surface area contributed by atoms with Gasteiger partial charge in [0.2, 0.25) is 5.91 Å². The summed E-state index contributed by atoms with van der Waals surface area (Å²) in [6.45, 7) is 4.08. The number of rotatable bonds is 7. The Morgan fingerprint density at radius 1 is 1.03 bits per heavy atom. The van der Waals surface area contributed by atoms with Crippen LogP contribution < -0.4 is 4.90 Å². The van der Waals surface area contributed by atoms with E-state index >= 15 is 0 Å². The SMILES string of the molecule is Cc1ccc(C)c2sc(N(Cc3ccco3)C(=O)CS(=O)(=O)Cc3ccccc3)nc12. The molecule has 0 saturated heterocycles. The molecule has 0 aliphatic carbocycles. The molecule has 0 saturated carbocycles. The van der Waals surface area contributed by atoms with Crippen molar-refractivity contribution in [3.8, 4) is 0 Å². The van der Waals surface area contributed by atoms with Crippen LogP contribution in [0.1, 0.15) is 22.5 Å². The van der Waals surface area contributed by atoms with Gasteiger partial charge in [0.15, 0.2) is 15.0 Å². The van der Waals surface area contributed by atoms with Gasteiger partial charge < -0.3 is 4.42 Å². The van der Waals surface area contributed by atoms with Crippen LogP contribution in [-0.2, 0) is 26.9 Å². The predicted octanol–water partition coefficient (Wildman–Crippen LogP) is 4.65. The summed E-state index contributed by atoms with van der Waals surface area (Å²) in [6.07, 6.45) is 1.52. The number of aryl methyl sites for hydroxylation is 2. The number of fused-ring (bicyclic) bond motifs is 1. The van der Waals surface area contributed by atoms with Gasteiger partial charge in [0.1, 0.15) is 11.5 Å². The first-order chi connectivity index (χ1) is 14.8. The molecule has 2 aromatic carbocycles. The third-order valence-corrected chi connectivity index (χ3v) is 7.60. The number of hydrogen-bond donors (Lipinski definition) is 0. The number of hydrogen-bond acceptors (Lipinski definition) is 6. The quantitative estimate of drug-likeness (QED) is 0.406. The van der Waals surface area contributed by atoms with Gasteiger partial charge >= 0.3 is 0 Å². The summed E-state index contributed by atoms with van der Waals surface area (Å²) in [5, 5.41) is 0.462. The van der Waals surface area contributed by atoms with Crippen molar-refractivity contribution in [1.82, 2.24) is 4.98 Å². The predicted molar refractivity (Wildman–Crippen MR) is 123 cm³/mol. The monoisotopic (exact) mass is 454 g/mol. The number of nitrogens with zero attached hydrogens (tertiary/aromatic N) is 2. The van der Waals surface area contributed by atoms with Gasteiger partial charge in [0.05, 0.1) is 28.8 Å². The zero-order valence-electron chi connectivity index (χ0n) is 17.2. The van der Waals surface area contributed by atoms with Crippen molar-refractivity contribution in [3.63, 3.8) is 0 Å². The highest BCUT2D eigenvalue weighted by atomic mass is 32.2. The third-order valence-electron chi connectivity index (χ3n) is 4.93. The van der Waals surface area contributed by atoms with E-state index in [1.165, 1.54) is 22.5 Å². The second-order valence-electron chi connectivity index (χ2n) is 7.45. The van der Waals surface area contributed by atoms with E-state index in [1.807, 2.05) is 32.0 Å². The molecule has 8 heteroatoms.